The summed E-state index contributed by atoms with van der Waals surface area (Å²) in [5, 5.41) is 9.03. The molecule has 0 aromatic heterocycles. The number of nitrogens with two attached hydrogens (primary N) is 1. The molecule has 15 heavy (non-hydrogen) atoms. The minimum atomic E-state index is -0.921. The van der Waals surface area contributed by atoms with E-state index in [1.165, 1.54) is 4.90 Å². The molecule has 5 nitrogen and oxygen atoms in total. The SMILES string of the molecule is CCC1CCN(C(=O)CN)C(C(=O)O)C1. The summed E-state index contributed by atoms with van der Waals surface area (Å²) in [4.78, 5) is 23.8. The Hall–Kier alpha value is -1.10. The van der Waals surface area contributed by atoms with Crippen LogP contribution in [0.2, 0.25) is 0 Å². The van der Waals surface area contributed by atoms with Crippen LogP contribution in [0.15, 0.2) is 0 Å². The quantitative estimate of drug-likeness (QED) is 0.695. The van der Waals surface area contributed by atoms with Crippen molar-refractivity contribution in [3.63, 3.8) is 0 Å². The van der Waals surface area contributed by atoms with Crippen LogP contribution in [0.5, 0.6) is 0 Å². The Labute approximate surface area is 89.2 Å². The van der Waals surface area contributed by atoms with Crippen molar-refractivity contribution in [3.05, 3.63) is 0 Å². The van der Waals surface area contributed by atoms with Gasteiger partial charge in [0.2, 0.25) is 5.91 Å². The number of carboxylic acid groups (broad SMARTS) is 1. The summed E-state index contributed by atoms with van der Waals surface area (Å²) in [6, 6.07) is -0.681. The number of hydrogen-bond acceptors (Lipinski definition) is 3. The van der Waals surface area contributed by atoms with Gasteiger partial charge in [-0.05, 0) is 18.8 Å². The number of rotatable bonds is 3. The Morgan fingerprint density at radius 3 is 2.67 bits per heavy atom. The van der Waals surface area contributed by atoms with E-state index in [-0.39, 0.29) is 12.5 Å². The van der Waals surface area contributed by atoms with E-state index in [9.17, 15) is 9.59 Å². The van der Waals surface area contributed by atoms with Crippen molar-refractivity contribution < 1.29 is 14.7 Å². The van der Waals surface area contributed by atoms with Crippen LogP contribution in [0.4, 0.5) is 0 Å². The van der Waals surface area contributed by atoms with Crippen LogP contribution in [-0.4, -0.2) is 41.0 Å². The summed E-state index contributed by atoms with van der Waals surface area (Å²) < 4.78 is 0. The van der Waals surface area contributed by atoms with E-state index < -0.39 is 12.0 Å². The van der Waals surface area contributed by atoms with Gasteiger partial charge in [0.25, 0.3) is 0 Å². The minimum absolute atomic E-state index is 0.111. The highest BCUT2D eigenvalue weighted by atomic mass is 16.4. The van der Waals surface area contributed by atoms with Crippen molar-refractivity contribution >= 4 is 11.9 Å². The third-order valence-corrected chi connectivity index (χ3v) is 3.07. The Bertz CT molecular complexity index is 255. The molecule has 0 aromatic carbocycles. The van der Waals surface area contributed by atoms with Crippen molar-refractivity contribution in [2.75, 3.05) is 13.1 Å². The normalized spacial score (nSPS) is 26.4. The molecule has 2 unspecified atom stereocenters. The summed E-state index contributed by atoms with van der Waals surface area (Å²) in [6.45, 7) is 2.45. The predicted molar refractivity (Wildman–Crippen MR) is 55.2 cm³/mol. The number of nitrogens with zero attached hydrogens (tertiary/aromatic N) is 1. The molecule has 1 heterocycles. The molecule has 0 radical (unpaired) electrons. The van der Waals surface area contributed by atoms with Crippen molar-refractivity contribution in [2.45, 2.75) is 32.2 Å². The molecule has 3 N–H and O–H groups in total. The fourth-order valence-corrected chi connectivity index (χ4v) is 2.06. The Morgan fingerprint density at radius 1 is 1.53 bits per heavy atom. The zero-order chi connectivity index (χ0) is 11.4. The van der Waals surface area contributed by atoms with Gasteiger partial charge in [-0.15, -0.1) is 0 Å². The number of amides is 1. The zero-order valence-electron chi connectivity index (χ0n) is 8.98. The first kappa shape index (κ1) is 12.0. The summed E-state index contributed by atoms with van der Waals surface area (Å²) >= 11 is 0. The van der Waals surface area contributed by atoms with Gasteiger partial charge in [0.05, 0.1) is 6.54 Å². The van der Waals surface area contributed by atoms with Crippen LogP contribution < -0.4 is 5.73 Å². The fraction of sp³-hybridized carbons (Fsp3) is 0.800. The first-order valence-corrected chi connectivity index (χ1v) is 5.32. The van der Waals surface area contributed by atoms with Crippen LogP contribution in [0, 0.1) is 5.92 Å². The molecule has 0 aromatic rings. The van der Waals surface area contributed by atoms with E-state index >= 15 is 0 Å². The largest absolute Gasteiger partial charge is 0.480 e. The first-order valence-electron chi connectivity index (χ1n) is 5.32. The average Bonchev–Trinajstić information content (AvgIpc) is 2.27. The Kier molecular flexibility index (Phi) is 4.08. The number of likely N-dealkylation sites (tertiary alicyclic amines) is 1. The molecule has 1 aliphatic rings. The third kappa shape index (κ3) is 2.68. The van der Waals surface area contributed by atoms with Crippen LogP contribution in [0.3, 0.4) is 0 Å². The molecule has 86 valence electrons. The average molecular weight is 214 g/mol. The molecule has 0 saturated carbocycles. The molecule has 0 spiro atoms. The molecule has 1 saturated heterocycles. The number of carbonyl (C=O) groups excluding carboxylic acids is 1. The molecule has 2 atom stereocenters. The number of hydrogen-bond donors (Lipinski definition) is 2. The maximum Gasteiger partial charge on any atom is 0.326 e. The van der Waals surface area contributed by atoms with Gasteiger partial charge in [0.15, 0.2) is 0 Å². The molecule has 1 rings (SSSR count). The second kappa shape index (κ2) is 5.11. The van der Waals surface area contributed by atoms with Crippen molar-refractivity contribution in [1.82, 2.24) is 4.90 Å². The predicted octanol–water partition coefficient (Wildman–Crippen LogP) is 0.0469. The maximum atomic E-state index is 11.4. The number of piperidine rings is 1. The third-order valence-electron chi connectivity index (χ3n) is 3.07. The zero-order valence-corrected chi connectivity index (χ0v) is 8.98. The lowest BCUT2D eigenvalue weighted by Gasteiger charge is -2.36. The smallest absolute Gasteiger partial charge is 0.326 e. The summed E-state index contributed by atoms with van der Waals surface area (Å²) in [5.41, 5.74) is 5.25. The number of aliphatic carboxylic acids is 1. The topological polar surface area (TPSA) is 83.6 Å². The van der Waals surface area contributed by atoms with Gasteiger partial charge in [-0.3, -0.25) is 4.79 Å². The standard InChI is InChI=1S/C10H18N2O3/c1-2-7-3-4-12(9(13)6-11)8(5-7)10(14)15/h7-8H,2-6,11H2,1H3,(H,14,15). The summed E-state index contributed by atoms with van der Waals surface area (Å²) in [6.07, 6.45) is 2.40. The number of carbonyl (C=O) groups is 2. The summed E-state index contributed by atoms with van der Waals surface area (Å²) in [5.74, 6) is -0.778. The van der Waals surface area contributed by atoms with Gasteiger partial charge in [-0.2, -0.15) is 0 Å². The van der Waals surface area contributed by atoms with E-state index in [0.717, 1.165) is 12.8 Å². The molecular weight excluding hydrogens is 196 g/mol. The maximum absolute atomic E-state index is 11.4. The van der Waals surface area contributed by atoms with Crippen molar-refractivity contribution in [3.8, 4) is 0 Å². The Morgan fingerprint density at radius 2 is 2.20 bits per heavy atom. The highest BCUT2D eigenvalue weighted by molar-refractivity contribution is 5.84. The lowest BCUT2D eigenvalue weighted by Crippen LogP contribution is -2.51. The monoisotopic (exact) mass is 214 g/mol. The van der Waals surface area contributed by atoms with Gasteiger partial charge in [0.1, 0.15) is 6.04 Å². The van der Waals surface area contributed by atoms with Gasteiger partial charge >= 0.3 is 5.97 Å². The fourth-order valence-electron chi connectivity index (χ4n) is 2.06. The van der Waals surface area contributed by atoms with Crippen LogP contribution in [0.1, 0.15) is 26.2 Å². The minimum Gasteiger partial charge on any atom is -0.480 e. The molecular formula is C10H18N2O3. The van der Waals surface area contributed by atoms with E-state index in [1.54, 1.807) is 0 Å². The molecule has 1 aliphatic heterocycles. The van der Waals surface area contributed by atoms with Crippen LogP contribution in [0.25, 0.3) is 0 Å². The molecule has 0 aliphatic carbocycles. The highest BCUT2D eigenvalue weighted by Gasteiger charge is 2.34. The molecule has 1 fully saturated rings. The van der Waals surface area contributed by atoms with E-state index in [1.807, 2.05) is 6.92 Å². The van der Waals surface area contributed by atoms with Crippen molar-refractivity contribution in [1.29, 1.82) is 0 Å². The van der Waals surface area contributed by atoms with E-state index in [4.69, 9.17) is 10.8 Å². The first-order chi connectivity index (χ1) is 7.10. The Balaban J connectivity index is 2.71. The number of carboxylic acids is 1. The lowest BCUT2D eigenvalue weighted by molar-refractivity contribution is -0.152. The highest BCUT2D eigenvalue weighted by Crippen LogP contribution is 2.25. The van der Waals surface area contributed by atoms with Gasteiger partial charge in [-0.1, -0.05) is 13.3 Å². The van der Waals surface area contributed by atoms with Gasteiger partial charge in [-0.25, -0.2) is 4.79 Å². The lowest BCUT2D eigenvalue weighted by atomic mass is 9.89. The van der Waals surface area contributed by atoms with E-state index in [0.29, 0.717) is 18.9 Å². The van der Waals surface area contributed by atoms with Crippen LogP contribution >= 0.6 is 0 Å². The van der Waals surface area contributed by atoms with E-state index in [2.05, 4.69) is 0 Å². The second-order valence-electron chi connectivity index (χ2n) is 3.94. The van der Waals surface area contributed by atoms with Crippen molar-refractivity contribution in [2.24, 2.45) is 11.7 Å². The van der Waals surface area contributed by atoms with Gasteiger partial charge < -0.3 is 15.7 Å². The molecule has 1 amide bonds. The van der Waals surface area contributed by atoms with Gasteiger partial charge in [0, 0.05) is 6.54 Å². The second-order valence-corrected chi connectivity index (χ2v) is 3.94. The molecule has 5 heteroatoms. The molecule has 0 bridgehead atoms. The van der Waals surface area contributed by atoms with Crippen LogP contribution in [-0.2, 0) is 9.59 Å². The summed E-state index contributed by atoms with van der Waals surface area (Å²) in [7, 11) is 0.